The third-order valence-electron chi connectivity index (χ3n) is 3.56. The maximum absolute atomic E-state index is 12.0. The molecule has 1 unspecified atom stereocenters. The minimum Gasteiger partial charge on any atom is -0.285 e. The number of sulfone groups is 1. The number of aromatic nitrogens is 3. The summed E-state index contributed by atoms with van der Waals surface area (Å²) in [5.74, 6) is 0.947. The summed E-state index contributed by atoms with van der Waals surface area (Å²) < 4.78 is 25.8. The molecule has 0 spiro atoms. The Morgan fingerprint density at radius 3 is 2.95 bits per heavy atom. The highest BCUT2D eigenvalue weighted by molar-refractivity contribution is 7.92. The van der Waals surface area contributed by atoms with Gasteiger partial charge in [0.2, 0.25) is 0 Å². The Morgan fingerprint density at radius 2 is 2.16 bits per heavy atom. The lowest BCUT2D eigenvalue weighted by atomic mass is 10.1. The van der Waals surface area contributed by atoms with Gasteiger partial charge in [0.05, 0.1) is 16.0 Å². The van der Waals surface area contributed by atoms with Crippen LogP contribution in [0.25, 0.3) is 5.65 Å². The van der Waals surface area contributed by atoms with E-state index in [2.05, 4.69) is 10.2 Å². The highest BCUT2D eigenvalue weighted by Gasteiger charge is 2.30. The molecule has 1 fully saturated rings. The number of fused-ring (bicyclic) bond motifs is 1. The molecule has 3 rings (SSSR count). The van der Waals surface area contributed by atoms with Crippen LogP contribution in [0.4, 0.5) is 0 Å². The summed E-state index contributed by atoms with van der Waals surface area (Å²) in [6.45, 7) is 0. The van der Waals surface area contributed by atoms with Crippen LogP contribution >= 0.6 is 11.6 Å². The molecule has 0 N–H and O–H groups in total. The highest BCUT2D eigenvalue weighted by Crippen LogP contribution is 2.23. The summed E-state index contributed by atoms with van der Waals surface area (Å²) in [5.41, 5.74) is 0.688. The molecule has 0 amide bonds. The SMILES string of the molecule is O=S1(=O)CCCCC1Cc1nnc2ccc(Cl)cn12. The lowest BCUT2D eigenvalue weighted by Gasteiger charge is -2.21. The average molecular weight is 300 g/mol. The van der Waals surface area contributed by atoms with Crippen LogP contribution in [-0.2, 0) is 16.3 Å². The first-order valence-electron chi connectivity index (χ1n) is 6.27. The number of nitrogens with zero attached hydrogens (tertiary/aromatic N) is 3. The van der Waals surface area contributed by atoms with Crippen molar-refractivity contribution < 1.29 is 8.42 Å². The number of halogens is 1. The fraction of sp³-hybridized carbons (Fsp3) is 0.500. The van der Waals surface area contributed by atoms with E-state index in [1.54, 1.807) is 22.7 Å². The zero-order valence-corrected chi connectivity index (χ0v) is 11.9. The highest BCUT2D eigenvalue weighted by atomic mass is 35.5. The molecule has 3 heterocycles. The van der Waals surface area contributed by atoms with E-state index < -0.39 is 9.84 Å². The minimum absolute atomic E-state index is 0.287. The number of rotatable bonds is 2. The van der Waals surface area contributed by atoms with Gasteiger partial charge in [-0.3, -0.25) is 4.40 Å². The molecule has 1 aliphatic rings. The average Bonchev–Trinajstić information content (AvgIpc) is 2.74. The van der Waals surface area contributed by atoms with Gasteiger partial charge >= 0.3 is 0 Å². The second-order valence-corrected chi connectivity index (χ2v) is 7.72. The van der Waals surface area contributed by atoms with Crippen LogP contribution in [0.15, 0.2) is 18.3 Å². The van der Waals surface area contributed by atoms with Crippen LogP contribution in [-0.4, -0.2) is 34.0 Å². The van der Waals surface area contributed by atoms with Gasteiger partial charge < -0.3 is 0 Å². The molecular formula is C12H14ClN3O2S. The van der Waals surface area contributed by atoms with Crippen molar-refractivity contribution in [3.8, 4) is 0 Å². The quantitative estimate of drug-likeness (QED) is 0.849. The molecule has 1 saturated heterocycles. The van der Waals surface area contributed by atoms with E-state index in [0.717, 1.165) is 12.8 Å². The Morgan fingerprint density at radius 1 is 1.32 bits per heavy atom. The summed E-state index contributed by atoms with van der Waals surface area (Å²) >= 11 is 5.95. The summed E-state index contributed by atoms with van der Waals surface area (Å²) in [4.78, 5) is 0. The zero-order valence-electron chi connectivity index (χ0n) is 10.3. The van der Waals surface area contributed by atoms with Crippen molar-refractivity contribution in [1.29, 1.82) is 0 Å². The third-order valence-corrected chi connectivity index (χ3v) is 6.06. The standard InChI is InChI=1S/C12H14ClN3O2S/c13-9-4-5-11-14-15-12(16(11)8-9)7-10-3-1-2-6-19(10,17)18/h4-5,8,10H,1-3,6-7H2. The fourth-order valence-electron chi connectivity index (χ4n) is 2.51. The maximum Gasteiger partial charge on any atom is 0.160 e. The van der Waals surface area contributed by atoms with Crippen molar-refractivity contribution in [2.24, 2.45) is 0 Å². The van der Waals surface area contributed by atoms with E-state index >= 15 is 0 Å². The molecule has 0 radical (unpaired) electrons. The normalized spacial score (nSPS) is 22.7. The van der Waals surface area contributed by atoms with Crippen LogP contribution < -0.4 is 0 Å². The smallest absolute Gasteiger partial charge is 0.160 e. The van der Waals surface area contributed by atoms with Crippen molar-refractivity contribution in [2.45, 2.75) is 30.9 Å². The van der Waals surface area contributed by atoms with Gasteiger partial charge in [0.25, 0.3) is 0 Å². The van der Waals surface area contributed by atoms with Gasteiger partial charge in [-0.25, -0.2) is 8.42 Å². The van der Waals surface area contributed by atoms with Crippen LogP contribution in [0.2, 0.25) is 5.02 Å². The monoisotopic (exact) mass is 299 g/mol. The molecule has 1 aliphatic heterocycles. The van der Waals surface area contributed by atoms with Crippen LogP contribution in [0.1, 0.15) is 25.1 Å². The van der Waals surface area contributed by atoms with Gasteiger partial charge in [-0.1, -0.05) is 18.0 Å². The van der Waals surface area contributed by atoms with Gasteiger partial charge in [0.15, 0.2) is 15.5 Å². The molecule has 1 atom stereocenters. The molecule has 0 aliphatic carbocycles. The largest absolute Gasteiger partial charge is 0.285 e. The van der Waals surface area contributed by atoms with Crippen LogP contribution in [0.5, 0.6) is 0 Å². The van der Waals surface area contributed by atoms with Crippen molar-refractivity contribution in [3.63, 3.8) is 0 Å². The predicted molar refractivity (Wildman–Crippen MR) is 73.1 cm³/mol. The zero-order chi connectivity index (χ0) is 13.5. The lowest BCUT2D eigenvalue weighted by Crippen LogP contribution is -2.30. The van der Waals surface area contributed by atoms with Crippen molar-refractivity contribution in [2.75, 3.05) is 5.75 Å². The van der Waals surface area contributed by atoms with Crippen LogP contribution in [0, 0.1) is 0 Å². The molecule has 0 aromatic carbocycles. The molecule has 2 aromatic heterocycles. The van der Waals surface area contributed by atoms with Gasteiger partial charge in [0.1, 0.15) is 5.82 Å². The molecule has 102 valence electrons. The summed E-state index contributed by atoms with van der Waals surface area (Å²) in [6, 6.07) is 3.51. The third kappa shape index (κ3) is 2.47. The van der Waals surface area contributed by atoms with Crippen molar-refractivity contribution in [1.82, 2.24) is 14.6 Å². The summed E-state index contributed by atoms with van der Waals surface area (Å²) in [7, 11) is -2.99. The maximum atomic E-state index is 12.0. The number of hydrogen-bond acceptors (Lipinski definition) is 4. The molecule has 5 nitrogen and oxygen atoms in total. The fourth-order valence-corrected chi connectivity index (χ4v) is 4.53. The predicted octanol–water partition coefficient (Wildman–Crippen LogP) is 1.89. The van der Waals surface area contributed by atoms with Gasteiger partial charge in [-0.15, -0.1) is 10.2 Å². The lowest BCUT2D eigenvalue weighted by molar-refractivity contribution is 0.533. The summed E-state index contributed by atoms with van der Waals surface area (Å²) in [6.07, 6.45) is 4.57. The molecule has 2 aromatic rings. The van der Waals surface area contributed by atoms with Gasteiger partial charge in [-0.2, -0.15) is 0 Å². The molecule has 19 heavy (non-hydrogen) atoms. The molecule has 7 heteroatoms. The van der Waals surface area contributed by atoms with E-state index in [1.165, 1.54) is 0 Å². The van der Waals surface area contributed by atoms with Gasteiger partial charge in [0, 0.05) is 12.6 Å². The Hall–Kier alpha value is -1.14. The van der Waals surface area contributed by atoms with Crippen molar-refractivity contribution >= 4 is 27.1 Å². The first-order valence-corrected chi connectivity index (χ1v) is 8.36. The Labute approximate surface area is 116 Å². The topological polar surface area (TPSA) is 64.3 Å². The molecule has 0 bridgehead atoms. The van der Waals surface area contributed by atoms with E-state index in [-0.39, 0.29) is 11.0 Å². The second-order valence-electron chi connectivity index (χ2n) is 4.88. The Balaban J connectivity index is 1.95. The minimum atomic E-state index is -2.99. The van der Waals surface area contributed by atoms with E-state index in [1.807, 2.05) is 0 Å². The Bertz CT molecular complexity index is 711. The Kier molecular flexibility index (Phi) is 3.22. The first kappa shape index (κ1) is 12.9. The first-order chi connectivity index (χ1) is 9.06. The second kappa shape index (κ2) is 4.76. The van der Waals surface area contributed by atoms with Gasteiger partial charge in [-0.05, 0) is 25.0 Å². The van der Waals surface area contributed by atoms with Crippen molar-refractivity contribution in [3.05, 3.63) is 29.2 Å². The molecular weight excluding hydrogens is 286 g/mol. The molecule has 0 saturated carbocycles. The van der Waals surface area contributed by atoms with E-state index in [4.69, 9.17) is 11.6 Å². The number of pyridine rings is 1. The summed E-state index contributed by atoms with van der Waals surface area (Å²) in [5, 5.41) is 8.36. The van der Waals surface area contributed by atoms with E-state index in [0.29, 0.717) is 29.3 Å². The number of hydrogen-bond donors (Lipinski definition) is 0. The van der Waals surface area contributed by atoms with Crippen LogP contribution in [0.3, 0.4) is 0 Å². The van der Waals surface area contributed by atoms with E-state index in [9.17, 15) is 8.42 Å².